The van der Waals surface area contributed by atoms with Crippen LogP contribution in [0.3, 0.4) is 0 Å². The van der Waals surface area contributed by atoms with E-state index in [0.717, 1.165) is 17.9 Å². The minimum atomic E-state index is -4.41. The Bertz CT molecular complexity index is 765. The molecule has 0 fully saturated rings. The van der Waals surface area contributed by atoms with Gasteiger partial charge in [0.05, 0.1) is 11.3 Å². The number of rotatable bonds is 5. The number of hydrogen-bond donors (Lipinski definition) is 0. The van der Waals surface area contributed by atoms with Gasteiger partial charge in [0, 0.05) is 31.5 Å². The molecule has 0 saturated heterocycles. The molecule has 0 spiro atoms. The molecule has 0 aliphatic rings. The predicted molar refractivity (Wildman–Crippen MR) is 94.0 cm³/mol. The van der Waals surface area contributed by atoms with E-state index in [1.54, 1.807) is 17.8 Å². The highest BCUT2D eigenvalue weighted by atomic mass is 32.2. The van der Waals surface area contributed by atoms with Crippen LogP contribution in [0.1, 0.15) is 18.2 Å². The highest BCUT2D eigenvalue weighted by molar-refractivity contribution is 7.98. The molecular formula is C17H18F3N3O2S. The normalized spacial score (nSPS) is 11.3. The summed E-state index contributed by atoms with van der Waals surface area (Å²) < 4.78 is 43.3. The van der Waals surface area contributed by atoms with Gasteiger partial charge in [-0.3, -0.25) is 0 Å². The van der Waals surface area contributed by atoms with E-state index in [2.05, 4.69) is 9.97 Å². The zero-order valence-electron chi connectivity index (χ0n) is 14.5. The van der Waals surface area contributed by atoms with Gasteiger partial charge in [-0.25, -0.2) is 9.78 Å². The number of benzene rings is 1. The molecule has 9 heteroatoms. The second kappa shape index (κ2) is 8.39. The third kappa shape index (κ3) is 5.35. The maximum atomic E-state index is 12.7. The first-order valence-electron chi connectivity index (χ1n) is 7.73. The lowest BCUT2D eigenvalue weighted by molar-refractivity contribution is -0.137. The van der Waals surface area contributed by atoms with E-state index in [4.69, 9.17) is 4.74 Å². The second-order valence-electron chi connectivity index (χ2n) is 5.50. The Labute approximate surface area is 153 Å². The van der Waals surface area contributed by atoms with Crippen LogP contribution in [-0.2, 0) is 11.9 Å². The summed E-state index contributed by atoms with van der Waals surface area (Å²) in [6.45, 7) is 2.00. The van der Waals surface area contributed by atoms with Crippen molar-refractivity contribution in [3.8, 4) is 17.3 Å². The lowest BCUT2D eigenvalue weighted by Gasteiger charge is -2.12. The lowest BCUT2D eigenvalue weighted by atomic mass is 10.1. The standard InChI is InChI=1S/C17H18F3N3O2S/c1-4-26-10-13-9-14(25-16(24)23(2)3)22-15(21-13)11-5-7-12(8-6-11)17(18,19)20/h5-9H,4,10H2,1-3H3. The number of aromatic nitrogens is 2. The third-order valence-corrected chi connectivity index (χ3v) is 4.15. The largest absolute Gasteiger partial charge is 0.416 e. The Hall–Kier alpha value is -2.29. The summed E-state index contributed by atoms with van der Waals surface area (Å²) in [5, 5.41) is 0. The van der Waals surface area contributed by atoms with Gasteiger partial charge in [0.2, 0.25) is 5.88 Å². The number of carbonyl (C=O) groups is 1. The zero-order valence-corrected chi connectivity index (χ0v) is 15.3. The number of thioether (sulfide) groups is 1. The fraction of sp³-hybridized carbons (Fsp3) is 0.353. The molecule has 0 aliphatic carbocycles. The van der Waals surface area contributed by atoms with Gasteiger partial charge in [0.25, 0.3) is 0 Å². The van der Waals surface area contributed by atoms with Crippen LogP contribution < -0.4 is 4.74 Å². The molecule has 2 aromatic rings. The van der Waals surface area contributed by atoms with E-state index < -0.39 is 17.8 Å². The quantitative estimate of drug-likeness (QED) is 0.760. The molecule has 0 aliphatic heterocycles. The minimum Gasteiger partial charge on any atom is -0.391 e. The van der Waals surface area contributed by atoms with E-state index in [1.165, 1.54) is 31.1 Å². The monoisotopic (exact) mass is 385 g/mol. The Kier molecular flexibility index (Phi) is 6.47. The smallest absolute Gasteiger partial charge is 0.391 e. The SMILES string of the molecule is CCSCc1cc(OC(=O)N(C)C)nc(-c2ccc(C(F)(F)F)cc2)n1. The van der Waals surface area contributed by atoms with Crippen molar-refractivity contribution < 1.29 is 22.7 Å². The maximum Gasteiger partial charge on any atom is 0.416 e. The van der Waals surface area contributed by atoms with Crippen LogP contribution in [0, 0.1) is 0 Å². The van der Waals surface area contributed by atoms with Gasteiger partial charge in [0.15, 0.2) is 5.82 Å². The van der Waals surface area contributed by atoms with Crippen LogP contribution in [0.2, 0.25) is 0 Å². The molecule has 26 heavy (non-hydrogen) atoms. The van der Waals surface area contributed by atoms with E-state index in [9.17, 15) is 18.0 Å². The molecular weight excluding hydrogens is 367 g/mol. The van der Waals surface area contributed by atoms with Crippen LogP contribution in [0.25, 0.3) is 11.4 Å². The molecule has 2 rings (SSSR count). The molecule has 0 N–H and O–H groups in total. The van der Waals surface area contributed by atoms with E-state index >= 15 is 0 Å². The van der Waals surface area contributed by atoms with Crippen LogP contribution in [0.5, 0.6) is 5.88 Å². The molecule has 0 radical (unpaired) electrons. The van der Waals surface area contributed by atoms with Gasteiger partial charge in [0.1, 0.15) is 0 Å². The van der Waals surface area contributed by atoms with E-state index in [1.807, 2.05) is 6.92 Å². The summed E-state index contributed by atoms with van der Waals surface area (Å²) in [7, 11) is 3.07. The molecule has 5 nitrogen and oxygen atoms in total. The first-order valence-corrected chi connectivity index (χ1v) is 8.88. The Morgan fingerprint density at radius 2 is 1.85 bits per heavy atom. The minimum absolute atomic E-state index is 0.0558. The predicted octanol–water partition coefficient (Wildman–Crippen LogP) is 4.48. The first kappa shape index (κ1) is 20.0. The van der Waals surface area contributed by atoms with Crippen LogP contribution in [0.4, 0.5) is 18.0 Å². The van der Waals surface area contributed by atoms with Crippen molar-refractivity contribution >= 4 is 17.9 Å². The Morgan fingerprint density at radius 1 is 1.19 bits per heavy atom. The van der Waals surface area contributed by atoms with E-state index in [0.29, 0.717) is 17.0 Å². The molecule has 0 atom stereocenters. The molecule has 1 aromatic heterocycles. The average Bonchev–Trinajstić information content (AvgIpc) is 2.59. The fourth-order valence-electron chi connectivity index (χ4n) is 1.92. The highest BCUT2D eigenvalue weighted by Crippen LogP contribution is 2.31. The molecule has 1 aromatic carbocycles. The first-order chi connectivity index (χ1) is 12.2. The average molecular weight is 385 g/mol. The molecule has 0 unspecified atom stereocenters. The number of amides is 1. The van der Waals surface area contributed by atoms with Gasteiger partial charge in [-0.1, -0.05) is 19.1 Å². The Balaban J connectivity index is 2.37. The van der Waals surface area contributed by atoms with Gasteiger partial charge >= 0.3 is 12.3 Å². The molecule has 0 bridgehead atoms. The number of carbonyl (C=O) groups excluding carboxylic acids is 1. The lowest BCUT2D eigenvalue weighted by Crippen LogP contribution is -2.25. The molecule has 0 saturated carbocycles. The summed E-state index contributed by atoms with van der Waals surface area (Å²) in [5.41, 5.74) is 0.282. The fourth-order valence-corrected chi connectivity index (χ4v) is 2.48. The summed E-state index contributed by atoms with van der Waals surface area (Å²) in [6.07, 6.45) is -5.01. The molecule has 140 valence electrons. The second-order valence-corrected chi connectivity index (χ2v) is 6.77. The van der Waals surface area contributed by atoms with Crippen LogP contribution in [-0.4, -0.2) is 40.8 Å². The highest BCUT2D eigenvalue weighted by Gasteiger charge is 2.30. The van der Waals surface area contributed by atoms with Gasteiger partial charge in [-0.2, -0.15) is 29.9 Å². The van der Waals surface area contributed by atoms with Crippen LogP contribution in [0.15, 0.2) is 30.3 Å². The van der Waals surface area contributed by atoms with Crippen molar-refractivity contribution in [2.75, 3.05) is 19.8 Å². The van der Waals surface area contributed by atoms with Gasteiger partial charge in [-0.05, 0) is 17.9 Å². The van der Waals surface area contributed by atoms with Crippen molar-refractivity contribution in [2.45, 2.75) is 18.9 Å². The van der Waals surface area contributed by atoms with Gasteiger partial charge < -0.3 is 9.64 Å². The van der Waals surface area contributed by atoms with E-state index in [-0.39, 0.29) is 11.7 Å². The summed E-state index contributed by atoms with van der Waals surface area (Å²) in [4.78, 5) is 21.5. The van der Waals surface area contributed by atoms with Crippen molar-refractivity contribution in [2.24, 2.45) is 0 Å². The van der Waals surface area contributed by atoms with Crippen molar-refractivity contribution in [1.82, 2.24) is 14.9 Å². The van der Waals surface area contributed by atoms with Crippen molar-refractivity contribution in [1.29, 1.82) is 0 Å². The summed E-state index contributed by atoms with van der Waals surface area (Å²) in [5.74, 6) is 1.70. The molecule has 1 heterocycles. The van der Waals surface area contributed by atoms with Crippen LogP contribution >= 0.6 is 11.8 Å². The van der Waals surface area contributed by atoms with Crippen molar-refractivity contribution in [3.05, 3.63) is 41.6 Å². The summed E-state index contributed by atoms with van der Waals surface area (Å²) >= 11 is 1.61. The topological polar surface area (TPSA) is 55.3 Å². The number of nitrogens with zero attached hydrogens (tertiary/aromatic N) is 3. The van der Waals surface area contributed by atoms with Crippen molar-refractivity contribution in [3.63, 3.8) is 0 Å². The summed E-state index contributed by atoms with van der Waals surface area (Å²) in [6, 6.07) is 6.09. The Morgan fingerprint density at radius 3 is 2.38 bits per heavy atom. The number of hydrogen-bond acceptors (Lipinski definition) is 5. The number of alkyl halides is 3. The maximum absolute atomic E-state index is 12.7. The number of halogens is 3. The number of ether oxygens (including phenoxy) is 1. The third-order valence-electron chi connectivity index (χ3n) is 3.24. The molecule has 1 amide bonds. The van der Waals surface area contributed by atoms with Gasteiger partial charge in [-0.15, -0.1) is 0 Å². The zero-order chi connectivity index (χ0) is 19.3.